The zero-order valence-corrected chi connectivity index (χ0v) is 18.1. The molecule has 1 saturated heterocycles. The van der Waals surface area contributed by atoms with Gasteiger partial charge in [-0.25, -0.2) is 0 Å². The van der Waals surface area contributed by atoms with Crippen molar-refractivity contribution in [3.05, 3.63) is 60.8 Å². The molecule has 3 N–H and O–H groups in total. The van der Waals surface area contributed by atoms with Gasteiger partial charge in [0, 0.05) is 35.6 Å². The number of fused-ring (bicyclic) bond motifs is 2. The molecule has 2 aromatic carbocycles. The zero-order valence-electron chi connectivity index (χ0n) is 18.1. The Bertz CT molecular complexity index is 1300. The van der Waals surface area contributed by atoms with Crippen molar-refractivity contribution in [2.24, 2.45) is 0 Å². The first kappa shape index (κ1) is 19.2. The van der Waals surface area contributed by atoms with E-state index in [9.17, 15) is 0 Å². The summed E-state index contributed by atoms with van der Waals surface area (Å²) in [5, 5.41) is 11.3. The van der Waals surface area contributed by atoms with Gasteiger partial charge in [-0.05, 0) is 49.2 Å². The first-order valence-electron chi connectivity index (χ1n) is 11.0. The van der Waals surface area contributed by atoms with Gasteiger partial charge < -0.3 is 14.6 Å². The van der Waals surface area contributed by atoms with E-state index in [1.54, 1.807) is 5.17 Å². The van der Waals surface area contributed by atoms with Crippen LogP contribution in [0.3, 0.4) is 0 Å². The van der Waals surface area contributed by atoms with Crippen LogP contribution >= 0.6 is 0 Å². The summed E-state index contributed by atoms with van der Waals surface area (Å²) < 4.78 is 5.85. The van der Waals surface area contributed by atoms with Crippen LogP contribution in [0.5, 0.6) is 0 Å². The molecule has 0 unspecified atom stereocenters. The molecule has 0 spiro atoms. The molecule has 2 atom stereocenters. The number of anilines is 1. The van der Waals surface area contributed by atoms with Crippen LogP contribution < -0.4 is 10.6 Å². The summed E-state index contributed by atoms with van der Waals surface area (Å²) >= 11 is 0. The number of rotatable bonds is 4. The van der Waals surface area contributed by atoms with Crippen LogP contribution in [0.4, 0.5) is 5.69 Å². The van der Waals surface area contributed by atoms with E-state index in [1.165, 1.54) is 5.39 Å². The number of aromatic amines is 2. The van der Waals surface area contributed by atoms with Gasteiger partial charge in [0.25, 0.3) is 0 Å². The van der Waals surface area contributed by atoms with Crippen LogP contribution in [-0.2, 0) is 9.57 Å². The maximum Gasteiger partial charge on any atom is 0.166 e. The molecule has 0 amide bonds. The van der Waals surface area contributed by atoms with Crippen molar-refractivity contribution in [1.29, 1.82) is 0 Å². The lowest BCUT2D eigenvalue weighted by Crippen LogP contribution is -2.46. The number of aromatic nitrogens is 3. The number of nitrogens with zero attached hydrogens (tertiary/aromatic N) is 3. The van der Waals surface area contributed by atoms with E-state index in [2.05, 4.69) is 75.8 Å². The van der Waals surface area contributed by atoms with Gasteiger partial charge in [-0.15, -0.1) is 5.17 Å². The van der Waals surface area contributed by atoms with E-state index in [-0.39, 0.29) is 12.2 Å². The lowest BCUT2D eigenvalue weighted by molar-refractivity contribution is -0.0681. The van der Waals surface area contributed by atoms with Crippen molar-refractivity contribution in [2.45, 2.75) is 26.1 Å². The molecule has 6 rings (SSSR count). The number of hydrogen-bond acceptors (Lipinski definition) is 6. The van der Waals surface area contributed by atoms with Crippen LogP contribution in [0, 0.1) is 0 Å². The summed E-state index contributed by atoms with van der Waals surface area (Å²) in [6, 6.07) is 12.7. The van der Waals surface area contributed by atoms with Crippen LogP contribution in [-0.4, -0.2) is 51.9 Å². The van der Waals surface area contributed by atoms with E-state index in [4.69, 9.17) is 9.57 Å². The van der Waals surface area contributed by atoms with E-state index >= 15 is 0 Å². The SMILES string of the molecule is C[C@@H]1CN(CC2=CNN(c3cc(-c4cccc5[nH]ccc45)cc4[nH]ncc34)O2)C[C@H](C)O1. The second kappa shape index (κ2) is 7.58. The Morgan fingerprint density at radius 1 is 1.06 bits per heavy atom. The Morgan fingerprint density at radius 3 is 2.81 bits per heavy atom. The Morgan fingerprint density at radius 2 is 1.94 bits per heavy atom. The van der Waals surface area contributed by atoms with Gasteiger partial charge in [0.05, 0.1) is 36.7 Å². The average molecular weight is 431 g/mol. The lowest BCUT2D eigenvalue weighted by Gasteiger charge is -2.35. The quantitative estimate of drug-likeness (QED) is 0.455. The maximum atomic E-state index is 6.21. The standard InChI is InChI=1S/C24H26N6O2/c1-15-12-29(13-16(2)31-15)14-18-10-27-30(32-18)24-9-17(8-23-21(24)11-26-28-23)19-4-3-5-22-20(19)6-7-25-22/h3-11,15-16,25,27H,12-14H2,1-2H3,(H,26,28)/t15-,16+. The fourth-order valence-corrected chi connectivity index (χ4v) is 4.82. The highest BCUT2D eigenvalue weighted by Crippen LogP contribution is 2.36. The number of H-pyrrole nitrogens is 2. The van der Waals surface area contributed by atoms with Crippen molar-refractivity contribution in [3.63, 3.8) is 0 Å². The van der Waals surface area contributed by atoms with Crippen LogP contribution in [0.1, 0.15) is 13.8 Å². The minimum atomic E-state index is 0.225. The summed E-state index contributed by atoms with van der Waals surface area (Å²) in [6.07, 6.45) is 6.18. The second-order valence-electron chi connectivity index (χ2n) is 8.65. The highest BCUT2D eigenvalue weighted by Gasteiger charge is 2.26. The summed E-state index contributed by atoms with van der Waals surface area (Å²) in [6.45, 7) is 6.76. The molecule has 0 bridgehead atoms. The van der Waals surface area contributed by atoms with Gasteiger partial charge in [0.15, 0.2) is 5.76 Å². The largest absolute Gasteiger partial charge is 0.373 e. The Labute approximate surface area is 185 Å². The molecule has 164 valence electrons. The predicted octanol–water partition coefficient (Wildman–Crippen LogP) is 3.92. The molecule has 0 radical (unpaired) electrons. The van der Waals surface area contributed by atoms with Gasteiger partial charge in [0.1, 0.15) is 5.69 Å². The van der Waals surface area contributed by atoms with Crippen molar-refractivity contribution >= 4 is 27.5 Å². The first-order valence-corrected chi connectivity index (χ1v) is 11.0. The van der Waals surface area contributed by atoms with Gasteiger partial charge in [0.2, 0.25) is 0 Å². The van der Waals surface area contributed by atoms with Gasteiger partial charge in [-0.1, -0.05) is 12.1 Å². The third kappa shape index (κ3) is 3.37. The first-order chi connectivity index (χ1) is 15.6. The fourth-order valence-electron chi connectivity index (χ4n) is 4.82. The summed E-state index contributed by atoms with van der Waals surface area (Å²) in [5.41, 5.74) is 8.50. The lowest BCUT2D eigenvalue weighted by atomic mass is 10.00. The van der Waals surface area contributed by atoms with Crippen molar-refractivity contribution < 1.29 is 9.57 Å². The summed E-state index contributed by atoms with van der Waals surface area (Å²) in [4.78, 5) is 11.9. The van der Waals surface area contributed by atoms with Crippen molar-refractivity contribution in [2.75, 3.05) is 24.8 Å². The Kier molecular flexibility index (Phi) is 4.55. The molecule has 2 aliphatic rings. The zero-order chi connectivity index (χ0) is 21.7. The second-order valence-corrected chi connectivity index (χ2v) is 8.65. The topological polar surface area (TPSA) is 81.4 Å². The average Bonchev–Trinajstić information content (AvgIpc) is 3.52. The Balaban J connectivity index is 1.29. The maximum absolute atomic E-state index is 6.21. The highest BCUT2D eigenvalue weighted by molar-refractivity contribution is 6.01. The number of hydrazine groups is 1. The normalized spacial score (nSPS) is 21.7. The number of nitrogens with one attached hydrogen (secondary N) is 3. The number of ether oxygens (including phenoxy) is 1. The highest BCUT2D eigenvalue weighted by atomic mass is 16.7. The monoisotopic (exact) mass is 430 g/mol. The summed E-state index contributed by atoms with van der Waals surface area (Å²) in [7, 11) is 0. The molecule has 8 nitrogen and oxygen atoms in total. The number of morpholine rings is 1. The van der Waals surface area contributed by atoms with Crippen LogP contribution in [0.2, 0.25) is 0 Å². The van der Waals surface area contributed by atoms with Gasteiger partial charge in [-0.3, -0.25) is 15.4 Å². The van der Waals surface area contributed by atoms with Gasteiger partial charge >= 0.3 is 0 Å². The molecule has 1 fully saturated rings. The number of benzene rings is 2. The Hall–Kier alpha value is -3.49. The van der Waals surface area contributed by atoms with E-state index in [0.29, 0.717) is 0 Å². The van der Waals surface area contributed by atoms with Crippen LogP contribution in [0.25, 0.3) is 32.9 Å². The van der Waals surface area contributed by atoms with Crippen LogP contribution in [0.15, 0.2) is 60.8 Å². The smallest absolute Gasteiger partial charge is 0.166 e. The van der Waals surface area contributed by atoms with Crippen molar-refractivity contribution in [3.8, 4) is 11.1 Å². The van der Waals surface area contributed by atoms with E-state index < -0.39 is 0 Å². The minimum Gasteiger partial charge on any atom is -0.373 e. The molecule has 0 saturated carbocycles. The van der Waals surface area contributed by atoms with E-state index in [0.717, 1.165) is 58.6 Å². The molecule has 4 heterocycles. The molecule has 4 aromatic rings. The van der Waals surface area contributed by atoms with Gasteiger partial charge in [-0.2, -0.15) is 5.10 Å². The molecule has 8 heteroatoms. The molecule has 2 aliphatic heterocycles. The molecule has 2 aromatic heterocycles. The molecular weight excluding hydrogens is 404 g/mol. The van der Waals surface area contributed by atoms with E-state index in [1.807, 2.05) is 18.6 Å². The molecule has 0 aliphatic carbocycles. The minimum absolute atomic E-state index is 0.225. The number of hydrogen-bond donors (Lipinski definition) is 3. The summed E-state index contributed by atoms with van der Waals surface area (Å²) in [5.74, 6) is 0.876. The molecule has 32 heavy (non-hydrogen) atoms. The fraction of sp³-hybridized carbons (Fsp3) is 0.292. The third-order valence-corrected chi connectivity index (χ3v) is 6.09. The predicted molar refractivity (Wildman–Crippen MR) is 125 cm³/mol. The van der Waals surface area contributed by atoms with Crippen molar-refractivity contribution in [1.82, 2.24) is 25.5 Å². The third-order valence-electron chi connectivity index (χ3n) is 6.09. The molecular formula is C24H26N6O2.